The SMILES string of the molecule is CC(C(N)=O)n1c(CCl)nc2cc(Cl)ccc21. The standard InChI is InChI=1S/C11H11Cl2N3O/c1-6(11(14)17)16-9-3-2-7(13)4-8(9)15-10(16)5-12/h2-4,6H,5H2,1H3,(H2,14,17). The van der Waals surface area contributed by atoms with Crippen molar-refractivity contribution in [3.63, 3.8) is 0 Å². The topological polar surface area (TPSA) is 60.9 Å². The Hall–Kier alpha value is -1.26. The Balaban J connectivity index is 2.70. The first-order chi connectivity index (χ1) is 8.04. The van der Waals surface area contributed by atoms with Gasteiger partial charge in [-0.2, -0.15) is 0 Å². The number of carbonyl (C=O) groups is 1. The molecule has 2 N–H and O–H groups in total. The average Bonchev–Trinajstić information content (AvgIpc) is 2.65. The summed E-state index contributed by atoms with van der Waals surface area (Å²) in [7, 11) is 0. The predicted octanol–water partition coefficient (Wildman–Crippen LogP) is 2.47. The molecule has 0 aliphatic rings. The number of amides is 1. The van der Waals surface area contributed by atoms with Crippen molar-refractivity contribution in [2.45, 2.75) is 18.8 Å². The van der Waals surface area contributed by atoms with E-state index in [0.717, 1.165) is 5.52 Å². The van der Waals surface area contributed by atoms with Gasteiger partial charge in [0, 0.05) is 5.02 Å². The van der Waals surface area contributed by atoms with E-state index in [1.54, 1.807) is 29.7 Å². The summed E-state index contributed by atoms with van der Waals surface area (Å²) in [5.41, 5.74) is 6.83. The molecule has 1 heterocycles. The lowest BCUT2D eigenvalue weighted by Gasteiger charge is -2.13. The maximum Gasteiger partial charge on any atom is 0.240 e. The highest BCUT2D eigenvalue weighted by Gasteiger charge is 2.18. The first-order valence-corrected chi connectivity index (χ1v) is 5.97. The van der Waals surface area contributed by atoms with Gasteiger partial charge in [-0.3, -0.25) is 4.79 Å². The number of halogens is 2. The lowest BCUT2D eigenvalue weighted by molar-refractivity contribution is -0.120. The van der Waals surface area contributed by atoms with E-state index < -0.39 is 11.9 Å². The lowest BCUT2D eigenvalue weighted by Crippen LogP contribution is -2.25. The van der Waals surface area contributed by atoms with E-state index in [1.807, 2.05) is 0 Å². The van der Waals surface area contributed by atoms with Crippen molar-refractivity contribution in [1.29, 1.82) is 0 Å². The Kier molecular flexibility index (Phi) is 3.26. The van der Waals surface area contributed by atoms with Crippen LogP contribution in [0.2, 0.25) is 5.02 Å². The minimum atomic E-state index is -0.491. The fourth-order valence-corrected chi connectivity index (χ4v) is 2.13. The van der Waals surface area contributed by atoms with E-state index in [-0.39, 0.29) is 5.88 Å². The van der Waals surface area contributed by atoms with Crippen molar-refractivity contribution >= 4 is 40.1 Å². The summed E-state index contributed by atoms with van der Waals surface area (Å²) in [6.07, 6.45) is 0. The molecule has 90 valence electrons. The van der Waals surface area contributed by atoms with Crippen molar-refractivity contribution in [3.05, 3.63) is 29.0 Å². The Morgan fingerprint density at radius 3 is 2.88 bits per heavy atom. The maximum absolute atomic E-state index is 11.3. The number of imidazole rings is 1. The molecular weight excluding hydrogens is 261 g/mol. The largest absolute Gasteiger partial charge is 0.368 e. The number of carbonyl (C=O) groups excluding carboxylic acids is 1. The van der Waals surface area contributed by atoms with E-state index in [2.05, 4.69) is 4.98 Å². The van der Waals surface area contributed by atoms with Gasteiger partial charge in [0.1, 0.15) is 11.9 Å². The number of benzene rings is 1. The van der Waals surface area contributed by atoms with Gasteiger partial charge < -0.3 is 10.3 Å². The second kappa shape index (κ2) is 4.55. The molecule has 4 nitrogen and oxygen atoms in total. The molecule has 17 heavy (non-hydrogen) atoms. The molecule has 0 fully saturated rings. The smallest absolute Gasteiger partial charge is 0.240 e. The van der Waals surface area contributed by atoms with Gasteiger partial charge in [-0.15, -0.1) is 11.6 Å². The van der Waals surface area contributed by atoms with Crippen LogP contribution < -0.4 is 5.73 Å². The molecule has 0 saturated carbocycles. The third-order valence-corrected chi connectivity index (χ3v) is 3.12. The zero-order valence-corrected chi connectivity index (χ0v) is 10.7. The van der Waals surface area contributed by atoms with Crippen molar-refractivity contribution in [2.75, 3.05) is 0 Å². The van der Waals surface area contributed by atoms with E-state index in [9.17, 15) is 4.79 Å². The van der Waals surface area contributed by atoms with Gasteiger partial charge in [0.25, 0.3) is 0 Å². The second-order valence-electron chi connectivity index (χ2n) is 3.74. The van der Waals surface area contributed by atoms with Gasteiger partial charge in [0.15, 0.2) is 0 Å². The molecule has 6 heteroatoms. The van der Waals surface area contributed by atoms with Crippen LogP contribution in [0.4, 0.5) is 0 Å². The fraction of sp³-hybridized carbons (Fsp3) is 0.273. The molecule has 0 radical (unpaired) electrons. The van der Waals surface area contributed by atoms with Crippen molar-refractivity contribution in [1.82, 2.24) is 9.55 Å². The third kappa shape index (κ3) is 2.10. The molecule has 1 aromatic heterocycles. The zero-order chi connectivity index (χ0) is 12.6. The first kappa shape index (κ1) is 12.2. The third-order valence-electron chi connectivity index (χ3n) is 2.64. The molecular formula is C11H11Cl2N3O. The number of aromatic nitrogens is 2. The zero-order valence-electron chi connectivity index (χ0n) is 9.15. The molecule has 1 unspecified atom stereocenters. The average molecular weight is 272 g/mol. The number of primary amides is 1. The highest BCUT2D eigenvalue weighted by Crippen LogP contribution is 2.24. The number of nitrogens with zero attached hydrogens (tertiary/aromatic N) is 2. The number of rotatable bonds is 3. The molecule has 0 bridgehead atoms. The molecule has 0 spiro atoms. The van der Waals surface area contributed by atoms with Crippen molar-refractivity contribution < 1.29 is 4.79 Å². The van der Waals surface area contributed by atoms with Crippen LogP contribution in [0.3, 0.4) is 0 Å². The Morgan fingerprint density at radius 1 is 1.59 bits per heavy atom. The summed E-state index contributed by atoms with van der Waals surface area (Å²) in [4.78, 5) is 15.6. The van der Waals surface area contributed by atoms with Crippen molar-refractivity contribution in [3.8, 4) is 0 Å². The molecule has 1 amide bonds. The van der Waals surface area contributed by atoms with Gasteiger partial charge in [0.05, 0.1) is 16.9 Å². The Morgan fingerprint density at radius 2 is 2.29 bits per heavy atom. The minimum Gasteiger partial charge on any atom is -0.368 e. The molecule has 2 rings (SSSR count). The molecule has 0 saturated heterocycles. The van der Waals surface area contributed by atoms with Gasteiger partial charge in [0.2, 0.25) is 5.91 Å². The summed E-state index contributed by atoms with van der Waals surface area (Å²) < 4.78 is 1.74. The maximum atomic E-state index is 11.3. The summed E-state index contributed by atoms with van der Waals surface area (Å²) in [5.74, 6) is 0.394. The fourth-order valence-electron chi connectivity index (χ4n) is 1.78. The van der Waals surface area contributed by atoms with Crippen LogP contribution in [-0.2, 0) is 10.7 Å². The van der Waals surface area contributed by atoms with Crippen LogP contribution >= 0.6 is 23.2 Å². The summed E-state index contributed by atoms with van der Waals surface area (Å²) in [6, 6.07) is 4.79. The molecule has 0 aliphatic heterocycles. The van der Waals surface area contributed by atoms with Crippen LogP contribution in [-0.4, -0.2) is 15.5 Å². The number of hydrogen-bond acceptors (Lipinski definition) is 2. The number of fused-ring (bicyclic) bond motifs is 1. The predicted molar refractivity (Wildman–Crippen MR) is 68.2 cm³/mol. The van der Waals surface area contributed by atoms with Crippen LogP contribution in [0, 0.1) is 0 Å². The molecule has 2 aromatic rings. The number of hydrogen-bond donors (Lipinski definition) is 1. The summed E-state index contributed by atoms with van der Waals surface area (Å²) >= 11 is 11.7. The first-order valence-electron chi connectivity index (χ1n) is 5.06. The van der Waals surface area contributed by atoms with Crippen molar-refractivity contribution in [2.24, 2.45) is 5.73 Å². The van der Waals surface area contributed by atoms with E-state index in [0.29, 0.717) is 16.4 Å². The van der Waals surface area contributed by atoms with Gasteiger partial charge in [-0.05, 0) is 25.1 Å². The van der Waals surface area contributed by atoms with Gasteiger partial charge in [-0.25, -0.2) is 4.98 Å². The van der Waals surface area contributed by atoms with Crippen LogP contribution in [0.25, 0.3) is 11.0 Å². The highest BCUT2D eigenvalue weighted by atomic mass is 35.5. The quantitative estimate of drug-likeness (QED) is 0.872. The van der Waals surface area contributed by atoms with Gasteiger partial charge >= 0.3 is 0 Å². The normalized spacial score (nSPS) is 12.9. The highest BCUT2D eigenvalue weighted by molar-refractivity contribution is 6.31. The van der Waals surface area contributed by atoms with Crippen LogP contribution in [0.15, 0.2) is 18.2 Å². The van der Waals surface area contributed by atoms with Crippen LogP contribution in [0.5, 0.6) is 0 Å². The van der Waals surface area contributed by atoms with E-state index in [4.69, 9.17) is 28.9 Å². The summed E-state index contributed by atoms with van der Waals surface area (Å²) in [5, 5.41) is 0.593. The number of nitrogens with two attached hydrogens (primary N) is 1. The summed E-state index contributed by atoms with van der Waals surface area (Å²) in [6.45, 7) is 1.72. The van der Waals surface area contributed by atoms with E-state index in [1.165, 1.54) is 0 Å². The lowest BCUT2D eigenvalue weighted by atomic mass is 10.2. The molecule has 1 aromatic carbocycles. The minimum absolute atomic E-state index is 0.212. The molecule has 1 atom stereocenters. The monoisotopic (exact) mass is 271 g/mol. The Labute approximate surface area is 108 Å². The molecule has 0 aliphatic carbocycles. The van der Waals surface area contributed by atoms with E-state index >= 15 is 0 Å². The Bertz CT molecular complexity index is 579. The van der Waals surface area contributed by atoms with Gasteiger partial charge in [-0.1, -0.05) is 11.6 Å². The van der Waals surface area contributed by atoms with Crippen LogP contribution in [0.1, 0.15) is 18.8 Å². The second-order valence-corrected chi connectivity index (χ2v) is 4.45. The number of alkyl halides is 1.